The maximum absolute atomic E-state index is 5.74. The van der Waals surface area contributed by atoms with Crippen LogP contribution in [0.3, 0.4) is 0 Å². The molecule has 10 nitrogen and oxygen atoms in total. The van der Waals surface area contributed by atoms with Crippen molar-refractivity contribution in [2.45, 2.75) is 19.0 Å². The Hall–Kier alpha value is -3.47. The first-order valence-electron chi connectivity index (χ1n) is 12.6. The monoisotopic (exact) mass is 488 g/mol. The molecular weight excluding hydrogens is 456 g/mol. The molecule has 1 unspecified atom stereocenters. The molecule has 10 heteroatoms. The molecule has 0 amide bonds. The number of nitrogens with zero attached hydrogens (tertiary/aromatic N) is 6. The molecule has 6 rings (SSSR count). The third-order valence-corrected chi connectivity index (χ3v) is 6.95. The summed E-state index contributed by atoms with van der Waals surface area (Å²) in [6.45, 7) is 7.36. The molecule has 2 aliphatic heterocycles. The molecule has 2 N–H and O–H groups in total. The van der Waals surface area contributed by atoms with E-state index >= 15 is 0 Å². The number of hydrogen-bond donors (Lipinski definition) is 2. The molecule has 2 saturated heterocycles. The summed E-state index contributed by atoms with van der Waals surface area (Å²) in [4.78, 5) is 11.9. The van der Waals surface area contributed by atoms with Crippen LogP contribution in [-0.2, 0) is 11.3 Å². The van der Waals surface area contributed by atoms with Crippen molar-refractivity contribution < 1.29 is 9.47 Å². The number of hydrogen-bond acceptors (Lipinski definition) is 8. The van der Waals surface area contributed by atoms with E-state index in [1.165, 1.54) is 0 Å². The molecule has 0 aromatic carbocycles. The van der Waals surface area contributed by atoms with Gasteiger partial charge in [-0.05, 0) is 25.1 Å². The molecule has 2 aliphatic rings. The van der Waals surface area contributed by atoms with Gasteiger partial charge in [-0.1, -0.05) is 6.07 Å². The Morgan fingerprint density at radius 2 is 2.08 bits per heavy atom. The number of rotatable bonds is 8. The van der Waals surface area contributed by atoms with Gasteiger partial charge in [0.05, 0.1) is 50.6 Å². The van der Waals surface area contributed by atoms with Crippen molar-refractivity contribution in [2.24, 2.45) is 0 Å². The van der Waals surface area contributed by atoms with Crippen LogP contribution in [0.4, 0.5) is 5.82 Å². The van der Waals surface area contributed by atoms with Gasteiger partial charge in [0.1, 0.15) is 17.2 Å². The van der Waals surface area contributed by atoms with E-state index in [0.717, 1.165) is 98.6 Å². The second-order valence-corrected chi connectivity index (χ2v) is 9.32. The standard InChI is InChI=1S/C26H32N8O2/c1-35-24-13-26-28-16-23(22-3-2-4-25(31-22)30-20-5-6-27-15-20)34(26)18-21(24)19-14-29-33(17-19)8-7-32-9-11-36-12-10-32/h2-4,13-14,16-18,20,27H,5-12,15H2,1H3,(H,30,31). The number of nitrogens with one attached hydrogen (secondary N) is 2. The van der Waals surface area contributed by atoms with Crippen LogP contribution in [0.5, 0.6) is 5.75 Å². The highest BCUT2D eigenvalue weighted by Gasteiger charge is 2.17. The van der Waals surface area contributed by atoms with E-state index in [1.54, 1.807) is 7.11 Å². The third-order valence-electron chi connectivity index (χ3n) is 6.95. The average molecular weight is 489 g/mol. The number of anilines is 1. The highest BCUT2D eigenvalue weighted by molar-refractivity contribution is 5.73. The number of morpholine rings is 1. The maximum Gasteiger partial charge on any atom is 0.140 e. The lowest BCUT2D eigenvalue weighted by molar-refractivity contribution is 0.0360. The normalized spacial score (nSPS) is 18.6. The summed E-state index contributed by atoms with van der Waals surface area (Å²) in [5, 5.41) is 11.5. The van der Waals surface area contributed by atoms with Crippen molar-refractivity contribution in [1.29, 1.82) is 0 Å². The summed E-state index contributed by atoms with van der Waals surface area (Å²) in [7, 11) is 1.69. The SMILES string of the molecule is COc1cc2ncc(-c3cccc(NC4CCNC4)n3)n2cc1-c1cnn(CCN2CCOCC2)c1. The molecule has 6 heterocycles. The highest BCUT2D eigenvalue weighted by atomic mass is 16.5. The van der Waals surface area contributed by atoms with Crippen LogP contribution in [0.1, 0.15) is 6.42 Å². The van der Waals surface area contributed by atoms with Crippen molar-refractivity contribution in [3.8, 4) is 28.3 Å². The number of imidazole rings is 1. The fourth-order valence-corrected chi connectivity index (χ4v) is 4.92. The van der Waals surface area contributed by atoms with Gasteiger partial charge in [-0.25, -0.2) is 9.97 Å². The molecule has 0 saturated carbocycles. The van der Waals surface area contributed by atoms with Crippen LogP contribution in [0.25, 0.3) is 28.2 Å². The van der Waals surface area contributed by atoms with Gasteiger partial charge in [-0.3, -0.25) is 14.0 Å². The molecule has 36 heavy (non-hydrogen) atoms. The van der Waals surface area contributed by atoms with Crippen molar-refractivity contribution in [1.82, 2.24) is 34.4 Å². The summed E-state index contributed by atoms with van der Waals surface area (Å²) in [5.74, 6) is 1.65. The molecular formula is C26H32N8O2. The van der Waals surface area contributed by atoms with E-state index in [1.807, 2.05) is 41.3 Å². The Morgan fingerprint density at radius 1 is 1.17 bits per heavy atom. The van der Waals surface area contributed by atoms with E-state index in [2.05, 4.69) is 42.4 Å². The Kier molecular flexibility index (Phi) is 6.54. The molecule has 0 bridgehead atoms. The molecule has 0 aliphatic carbocycles. The van der Waals surface area contributed by atoms with Crippen molar-refractivity contribution >= 4 is 11.5 Å². The Morgan fingerprint density at radius 3 is 2.92 bits per heavy atom. The van der Waals surface area contributed by atoms with Crippen LogP contribution < -0.4 is 15.4 Å². The van der Waals surface area contributed by atoms with E-state index in [0.29, 0.717) is 6.04 Å². The van der Waals surface area contributed by atoms with Gasteiger partial charge < -0.3 is 20.1 Å². The smallest absolute Gasteiger partial charge is 0.140 e. The first-order chi connectivity index (χ1) is 17.8. The lowest BCUT2D eigenvalue weighted by Crippen LogP contribution is -2.38. The Balaban J connectivity index is 1.27. The minimum absolute atomic E-state index is 0.408. The molecule has 188 valence electrons. The quantitative estimate of drug-likeness (QED) is 0.391. The van der Waals surface area contributed by atoms with Gasteiger partial charge in [0.15, 0.2) is 0 Å². The predicted octanol–water partition coefficient (Wildman–Crippen LogP) is 2.37. The molecule has 0 spiro atoms. The summed E-state index contributed by atoms with van der Waals surface area (Å²) in [5.41, 5.74) is 4.59. The van der Waals surface area contributed by atoms with Crippen molar-refractivity contribution in [3.63, 3.8) is 0 Å². The minimum Gasteiger partial charge on any atom is -0.496 e. The maximum atomic E-state index is 5.74. The fraction of sp³-hybridized carbons (Fsp3) is 0.423. The first kappa shape index (κ1) is 23.0. The zero-order valence-electron chi connectivity index (χ0n) is 20.6. The van der Waals surface area contributed by atoms with Gasteiger partial charge in [0.25, 0.3) is 0 Å². The van der Waals surface area contributed by atoms with E-state index in [9.17, 15) is 0 Å². The van der Waals surface area contributed by atoms with Gasteiger partial charge in [-0.15, -0.1) is 0 Å². The molecule has 2 fully saturated rings. The Bertz CT molecular complexity index is 1320. The van der Waals surface area contributed by atoms with Gasteiger partial charge >= 0.3 is 0 Å². The van der Waals surface area contributed by atoms with Gasteiger partial charge in [0.2, 0.25) is 0 Å². The number of pyridine rings is 2. The molecule has 4 aromatic heterocycles. The average Bonchev–Trinajstić information content (AvgIpc) is 3.68. The third kappa shape index (κ3) is 4.79. The number of fused-ring (bicyclic) bond motifs is 1. The van der Waals surface area contributed by atoms with E-state index in [4.69, 9.17) is 14.5 Å². The first-order valence-corrected chi connectivity index (χ1v) is 12.6. The van der Waals surface area contributed by atoms with E-state index in [-0.39, 0.29) is 0 Å². The minimum atomic E-state index is 0.408. The number of aromatic nitrogens is 5. The molecule has 0 radical (unpaired) electrons. The predicted molar refractivity (Wildman–Crippen MR) is 138 cm³/mol. The van der Waals surface area contributed by atoms with Crippen LogP contribution in [0, 0.1) is 0 Å². The lowest BCUT2D eigenvalue weighted by Gasteiger charge is -2.26. The molecule has 4 aromatic rings. The van der Waals surface area contributed by atoms with Crippen molar-refractivity contribution in [3.05, 3.63) is 49.1 Å². The largest absolute Gasteiger partial charge is 0.496 e. The van der Waals surface area contributed by atoms with Gasteiger partial charge in [-0.2, -0.15) is 5.10 Å². The van der Waals surface area contributed by atoms with Crippen LogP contribution >= 0.6 is 0 Å². The zero-order valence-corrected chi connectivity index (χ0v) is 20.6. The summed E-state index contributed by atoms with van der Waals surface area (Å²) >= 11 is 0. The second kappa shape index (κ2) is 10.3. The highest BCUT2D eigenvalue weighted by Crippen LogP contribution is 2.33. The summed E-state index contributed by atoms with van der Waals surface area (Å²) in [6.07, 6.45) is 9.03. The van der Waals surface area contributed by atoms with Crippen LogP contribution in [-0.4, -0.2) is 88.1 Å². The lowest BCUT2D eigenvalue weighted by atomic mass is 10.1. The van der Waals surface area contributed by atoms with Crippen LogP contribution in [0.2, 0.25) is 0 Å². The van der Waals surface area contributed by atoms with E-state index < -0.39 is 0 Å². The number of methoxy groups -OCH3 is 1. The topological polar surface area (TPSA) is 93.8 Å². The number of ether oxygens (including phenoxy) is 2. The fourth-order valence-electron chi connectivity index (χ4n) is 4.92. The zero-order chi connectivity index (χ0) is 24.3. The van der Waals surface area contributed by atoms with Crippen LogP contribution in [0.15, 0.2) is 49.1 Å². The van der Waals surface area contributed by atoms with Crippen molar-refractivity contribution in [2.75, 3.05) is 58.4 Å². The summed E-state index contributed by atoms with van der Waals surface area (Å²) < 4.78 is 15.3. The summed E-state index contributed by atoms with van der Waals surface area (Å²) in [6, 6.07) is 8.46. The van der Waals surface area contributed by atoms with Gasteiger partial charge in [0, 0.05) is 61.8 Å². The molecule has 1 atom stereocenters. The second-order valence-electron chi connectivity index (χ2n) is 9.32. The Labute approximate surface area is 210 Å².